The second kappa shape index (κ2) is 6.97. The molecule has 3 aromatic rings. The number of piperazine rings is 1. The molecule has 1 saturated heterocycles. The molecule has 1 aliphatic heterocycles. The van der Waals surface area contributed by atoms with Gasteiger partial charge >= 0.3 is 0 Å². The highest BCUT2D eigenvalue weighted by molar-refractivity contribution is 7.22. The molecule has 0 aliphatic carbocycles. The van der Waals surface area contributed by atoms with Gasteiger partial charge in [-0.3, -0.25) is 4.79 Å². The molecule has 5 heteroatoms. The fraction of sp³-hybridized carbons (Fsp3) is 0.364. The van der Waals surface area contributed by atoms with Crippen molar-refractivity contribution in [2.75, 3.05) is 31.1 Å². The molecule has 0 spiro atoms. The number of aryl methyl sites for hydroxylation is 4. The number of hydrogen-bond donors (Lipinski definition) is 0. The number of nitrogens with zero attached hydrogens (tertiary/aromatic N) is 3. The van der Waals surface area contributed by atoms with Crippen LogP contribution >= 0.6 is 11.3 Å². The molecule has 4 rings (SSSR count). The standard InChI is InChI=1S/C22H25N3OS/c1-14-11-15(2)13-18(12-14)21(26)24-7-9-25(10-8-24)22-23-20-17(4)16(3)5-6-19(20)27-22/h5-6,11-13H,7-10H2,1-4H3. The molecule has 0 N–H and O–H groups in total. The van der Waals surface area contributed by atoms with Gasteiger partial charge in [0.05, 0.1) is 10.2 Å². The second-order valence-corrected chi connectivity index (χ2v) is 8.52. The summed E-state index contributed by atoms with van der Waals surface area (Å²) in [4.78, 5) is 22.0. The molecule has 0 atom stereocenters. The predicted octanol–water partition coefficient (Wildman–Crippen LogP) is 4.49. The van der Waals surface area contributed by atoms with Crippen LogP contribution in [0.2, 0.25) is 0 Å². The Balaban J connectivity index is 1.49. The van der Waals surface area contributed by atoms with E-state index in [4.69, 9.17) is 4.98 Å². The third-order valence-electron chi connectivity index (χ3n) is 5.38. The van der Waals surface area contributed by atoms with Crippen LogP contribution < -0.4 is 4.90 Å². The van der Waals surface area contributed by atoms with E-state index >= 15 is 0 Å². The van der Waals surface area contributed by atoms with Crippen LogP contribution in [0.4, 0.5) is 5.13 Å². The lowest BCUT2D eigenvalue weighted by Gasteiger charge is -2.34. The predicted molar refractivity (Wildman–Crippen MR) is 113 cm³/mol. The van der Waals surface area contributed by atoms with Gasteiger partial charge in [-0.2, -0.15) is 0 Å². The van der Waals surface area contributed by atoms with Crippen molar-refractivity contribution in [3.8, 4) is 0 Å². The van der Waals surface area contributed by atoms with Gasteiger partial charge < -0.3 is 9.80 Å². The number of carbonyl (C=O) groups excluding carboxylic acids is 1. The van der Waals surface area contributed by atoms with Crippen molar-refractivity contribution < 1.29 is 4.79 Å². The van der Waals surface area contributed by atoms with Crippen molar-refractivity contribution in [2.24, 2.45) is 0 Å². The summed E-state index contributed by atoms with van der Waals surface area (Å²) in [5.74, 6) is 0.136. The zero-order chi connectivity index (χ0) is 19.1. The number of carbonyl (C=O) groups is 1. The first kappa shape index (κ1) is 18.0. The van der Waals surface area contributed by atoms with E-state index in [1.54, 1.807) is 11.3 Å². The highest BCUT2D eigenvalue weighted by Gasteiger charge is 2.24. The van der Waals surface area contributed by atoms with Crippen molar-refractivity contribution in [1.82, 2.24) is 9.88 Å². The lowest BCUT2D eigenvalue weighted by Crippen LogP contribution is -2.48. The fourth-order valence-electron chi connectivity index (χ4n) is 3.73. The molecule has 27 heavy (non-hydrogen) atoms. The molecule has 0 unspecified atom stereocenters. The lowest BCUT2D eigenvalue weighted by atomic mass is 10.1. The summed E-state index contributed by atoms with van der Waals surface area (Å²) >= 11 is 1.75. The number of thiazole rings is 1. The molecule has 140 valence electrons. The van der Waals surface area contributed by atoms with E-state index in [0.29, 0.717) is 0 Å². The highest BCUT2D eigenvalue weighted by atomic mass is 32.1. The monoisotopic (exact) mass is 379 g/mol. The molecule has 4 nitrogen and oxygen atoms in total. The van der Waals surface area contributed by atoms with Crippen LogP contribution in [-0.4, -0.2) is 42.0 Å². The average molecular weight is 380 g/mol. The molecule has 1 aliphatic rings. The minimum atomic E-state index is 0.136. The average Bonchev–Trinajstić information content (AvgIpc) is 3.09. The number of rotatable bonds is 2. The lowest BCUT2D eigenvalue weighted by molar-refractivity contribution is 0.0746. The smallest absolute Gasteiger partial charge is 0.253 e. The van der Waals surface area contributed by atoms with Crippen LogP contribution in [0.1, 0.15) is 32.6 Å². The van der Waals surface area contributed by atoms with Crippen LogP contribution in [0.25, 0.3) is 10.2 Å². The Bertz CT molecular complexity index is 996. The number of anilines is 1. The number of hydrogen-bond acceptors (Lipinski definition) is 4. The maximum absolute atomic E-state index is 12.9. The van der Waals surface area contributed by atoms with Crippen LogP contribution in [0.5, 0.6) is 0 Å². The molecular formula is C22H25N3OS. The zero-order valence-corrected chi connectivity index (χ0v) is 17.2. The first-order chi connectivity index (χ1) is 12.9. The van der Waals surface area contributed by atoms with Gasteiger partial charge in [-0.1, -0.05) is 34.6 Å². The van der Waals surface area contributed by atoms with E-state index in [0.717, 1.165) is 53.5 Å². The van der Waals surface area contributed by atoms with Crippen molar-refractivity contribution in [3.05, 3.63) is 58.1 Å². The number of aromatic nitrogens is 1. The summed E-state index contributed by atoms with van der Waals surface area (Å²) in [6, 6.07) is 10.4. The molecule has 0 radical (unpaired) electrons. The molecule has 0 bridgehead atoms. The fourth-order valence-corrected chi connectivity index (χ4v) is 4.81. The van der Waals surface area contributed by atoms with Gasteiger partial charge in [0, 0.05) is 31.7 Å². The zero-order valence-electron chi connectivity index (χ0n) is 16.4. The molecule has 1 amide bonds. The number of amides is 1. The maximum Gasteiger partial charge on any atom is 0.253 e. The molecule has 1 aromatic heterocycles. The van der Waals surface area contributed by atoms with Crippen molar-refractivity contribution in [3.63, 3.8) is 0 Å². The van der Waals surface area contributed by atoms with Gasteiger partial charge in [-0.25, -0.2) is 4.98 Å². The van der Waals surface area contributed by atoms with Crippen LogP contribution in [-0.2, 0) is 0 Å². The van der Waals surface area contributed by atoms with Gasteiger partial charge in [0.1, 0.15) is 0 Å². The van der Waals surface area contributed by atoms with Crippen LogP contribution in [0.15, 0.2) is 30.3 Å². The van der Waals surface area contributed by atoms with E-state index in [9.17, 15) is 4.79 Å². The summed E-state index contributed by atoms with van der Waals surface area (Å²) in [6.07, 6.45) is 0. The first-order valence-electron chi connectivity index (χ1n) is 9.41. The Morgan fingerprint density at radius 3 is 2.30 bits per heavy atom. The quantitative estimate of drug-likeness (QED) is 0.658. The van der Waals surface area contributed by atoms with Gasteiger partial charge in [-0.15, -0.1) is 0 Å². The largest absolute Gasteiger partial charge is 0.345 e. The number of benzene rings is 2. The Labute approximate surface area is 164 Å². The molecule has 2 heterocycles. The van der Waals surface area contributed by atoms with Gasteiger partial charge in [0.25, 0.3) is 5.91 Å². The van der Waals surface area contributed by atoms with Crippen molar-refractivity contribution in [2.45, 2.75) is 27.7 Å². The summed E-state index contributed by atoms with van der Waals surface area (Å²) in [6.45, 7) is 11.5. The third kappa shape index (κ3) is 3.44. The summed E-state index contributed by atoms with van der Waals surface area (Å²) in [5.41, 5.74) is 6.73. The molecular weight excluding hydrogens is 354 g/mol. The van der Waals surface area contributed by atoms with E-state index in [2.05, 4.69) is 36.9 Å². The van der Waals surface area contributed by atoms with E-state index in [-0.39, 0.29) is 5.91 Å². The topological polar surface area (TPSA) is 36.4 Å². The summed E-state index contributed by atoms with van der Waals surface area (Å²) < 4.78 is 1.24. The Morgan fingerprint density at radius 1 is 0.963 bits per heavy atom. The molecule has 2 aromatic carbocycles. The Kier molecular flexibility index (Phi) is 4.64. The second-order valence-electron chi connectivity index (χ2n) is 7.51. The number of fused-ring (bicyclic) bond motifs is 1. The maximum atomic E-state index is 12.9. The minimum absolute atomic E-state index is 0.136. The molecule has 1 fully saturated rings. The SMILES string of the molecule is Cc1cc(C)cc(C(=O)N2CCN(c3nc4c(C)c(C)ccc4s3)CC2)c1. The van der Waals surface area contributed by atoms with Crippen LogP contribution in [0, 0.1) is 27.7 Å². The van der Waals surface area contributed by atoms with E-state index in [1.165, 1.54) is 15.8 Å². The van der Waals surface area contributed by atoms with Gasteiger partial charge in [-0.05, 0) is 57.0 Å². The normalized spacial score (nSPS) is 14.8. The van der Waals surface area contributed by atoms with Crippen molar-refractivity contribution in [1.29, 1.82) is 0 Å². The minimum Gasteiger partial charge on any atom is -0.345 e. The van der Waals surface area contributed by atoms with Gasteiger partial charge in [0.15, 0.2) is 5.13 Å². The summed E-state index contributed by atoms with van der Waals surface area (Å²) in [5, 5.41) is 1.07. The van der Waals surface area contributed by atoms with Crippen LogP contribution in [0.3, 0.4) is 0 Å². The van der Waals surface area contributed by atoms with Gasteiger partial charge in [0.2, 0.25) is 0 Å². The third-order valence-corrected chi connectivity index (χ3v) is 6.46. The molecule has 0 saturated carbocycles. The van der Waals surface area contributed by atoms with E-state index < -0.39 is 0 Å². The highest BCUT2D eigenvalue weighted by Crippen LogP contribution is 2.32. The Morgan fingerprint density at radius 2 is 1.63 bits per heavy atom. The summed E-state index contributed by atoms with van der Waals surface area (Å²) in [7, 11) is 0. The van der Waals surface area contributed by atoms with Crippen molar-refractivity contribution >= 4 is 32.6 Å². The Hall–Kier alpha value is -2.40. The van der Waals surface area contributed by atoms with E-state index in [1.807, 2.05) is 30.9 Å². The first-order valence-corrected chi connectivity index (χ1v) is 10.2.